The summed E-state index contributed by atoms with van der Waals surface area (Å²) in [7, 11) is 0. The van der Waals surface area contributed by atoms with E-state index in [0.29, 0.717) is 5.69 Å². The predicted octanol–water partition coefficient (Wildman–Crippen LogP) is 5.01. The SMILES string of the molecule is Cc1cc(Nc2nccc(C(F)F)n2)cc(-c2cn(C3C=CCCC3)nn2)c1. The summed E-state index contributed by atoms with van der Waals surface area (Å²) < 4.78 is 27.6. The lowest BCUT2D eigenvalue weighted by molar-refractivity contribution is 0.146. The normalized spacial score (nSPS) is 16.5. The maximum Gasteiger partial charge on any atom is 0.280 e. The summed E-state index contributed by atoms with van der Waals surface area (Å²) in [5.41, 5.74) is 3.03. The van der Waals surface area contributed by atoms with Gasteiger partial charge in [-0.15, -0.1) is 5.10 Å². The van der Waals surface area contributed by atoms with E-state index in [1.807, 2.05) is 36.0 Å². The smallest absolute Gasteiger partial charge is 0.280 e. The van der Waals surface area contributed by atoms with E-state index in [4.69, 9.17) is 0 Å². The Hall–Kier alpha value is -3.16. The maximum absolute atomic E-state index is 12.9. The Bertz CT molecular complexity index is 998. The predicted molar refractivity (Wildman–Crippen MR) is 102 cm³/mol. The molecule has 144 valence electrons. The number of halogens is 2. The zero-order valence-electron chi connectivity index (χ0n) is 15.4. The summed E-state index contributed by atoms with van der Waals surface area (Å²) in [6.45, 7) is 1.96. The number of aromatic nitrogens is 5. The fourth-order valence-electron chi connectivity index (χ4n) is 3.27. The molecule has 4 rings (SSSR count). The lowest BCUT2D eigenvalue weighted by Gasteiger charge is -2.15. The molecule has 1 aliphatic rings. The Balaban J connectivity index is 1.59. The highest BCUT2D eigenvalue weighted by Crippen LogP contribution is 2.27. The first-order valence-electron chi connectivity index (χ1n) is 9.17. The largest absolute Gasteiger partial charge is 0.324 e. The molecule has 2 heterocycles. The highest BCUT2D eigenvalue weighted by molar-refractivity contribution is 5.68. The number of rotatable bonds is 5. The monoisotopic (exact) mass is 382 g/mol. The van der Waals surface area contributed by atoms with Crippen molar-refractivity contribution in [1.82, 2.24) is 25.0 Å². The van der Waals surface area contributed by atoms with Crippen LogP contribution in [0.4, 0.5) is 20.4 Å². The van der Waals surface area contributed by atoms with Crippen LogP contribution < -0.4 is 5.32 Å². The van der Waals surface area contributed by atoms with E-state index >= 15 is 0 Å². The van der Waals surface area contributed by atoms with Gasteiger partial charge in [0.2, 0.25) is 5.95 Å². The minimum absolute atomic E-state index is 0.130. The van der Waals surface area contributed by atoms with E-state index in [1.165, 1.54) is 12.3 Å². The summed E-state index contributed by atoms with van der Waals surface area (Å²) in [5, 5.41) is 11.6. The minimum Gasteiger partial charge on any atom is -0.324 e. The number of hydrogen-bond donors (Lipinski definition) is 1. The highest BCUT2D eigenvalue weighted by Gasteiger charge is 2.14. The molecule has 28 heavy (non-hydrogen) atoms. The Morgan fingerprint density at radius 2 is 2.14 bits per heavy atom. The van der Waals surface area contributed by atoms with Crippen molar-refractivity contribution in [2.24, 2.45) is 0 Å². The molecule has 8 heteroatoms. The van der Waals surface area contributed by atoms with E-state index in [2.05, 4.69) is 37.7 Å². The average Bonchev–Trinajstić information content (AvgIpc) is 3.19. The van der Waals surface area contributed by atoms with Gasteiger partial charge in [0.1, 0.15) is 11.4 Å². The van der Waals surface area contributed by atoms with Gasteiger partial charge in [-0.3, -0.25) is 0 Å². The van der Waals surface area contributed by atoms with Crippen molar-refractivity contribution < 1.29 is 8.78 Å². The van der Waals surface area contributed by atoms with Gasteiger partial charge in [0.15, 0.2) is 0 Å². The van der Waals surface area contributed by atoms with Gasteiger partial charge in [-0.25, -0.2) is 23.4 Å². The molecule has 0 amide bonds. The number of nitrogens with zero attached hydrogens (tertiary/aromatic N) is 5. The lowest BCUT2D eigenvalue weighted by atomic mass is 10.0. The third-order valence-electron chi connectivity index (χ3n) is 4.61. The lowest BCUT2D eigenvalue weighted by Crippen LogP contribution is -2.09. The number of anilines is 2. The molecule has 0 spiro atoms. The highest BCUT2D eigenvalue weighted by atomic mass is 19.3. The Morgan fingerprint density at radius 3 is 2.93 bits per heavy atom. The van der Waals surface area contributed by atoms with Crippen LogP contribution in [0.1, 0.15) is 43.0 Å². The molecule has 0 saturated heterocycles. The van der Waals surface area contributed by atoms with Crippen molar-refractivity contribution in [2.45, 2.75) is 38.7 Å². The van der Waals surface area contributed by atoms with E-state index in [-0.39, 0.29) is 17.7 Å². The molecule has 0 aliphatic heterocycles. The van der Waals surface area contributed by atoms with Crippen molar-refractivity contribution in [1.29, 1.82) is 0 Å². The molecule has 6 nitrogen and oxygen atoms in total. The maximum atomic E-state index is 12.9. The second-order valence-corrected chi connectivity index (χ2v) is 6.83. The molecule has 0 bridgehead atoms. The zero-order chi connectivity index (χ0) is 19.5. The van der Waals surface area contributed by atoms with Crippen LogP contribution in [-0.4, -0.2) is 25.0 Å². The third-order valence-corrected chi connectivity index (χ3v) is 4.61. The van der Waals surface area contributed by atoms with Gasteiger partial charge in [0, 0.05) is 17.4 Å². The van der Waals surface area contributed by atoms with Crippen molar-refractivity contribution >= 4 is 11.6 Å². The number of aryl methyl sites for hydroxylation is 1. The van der Waals surface area contributed by atoms with Crippen LogP contribution in [0.15, 0.2) is 48.8 Å². The molecule has 1 aromatic carbocycles. The molecular formula is C20H20F2N6. The molecular weight excluding hydrogens is 362 g/mol. The second kappa shape index (κ2) is 7.84. The Morgan fingerprint density at radius 1 is 1.25 bits per heavy atom. The van der Waals surface area contributed by atoms with Gasteiger partial charge in [0.25, 0.3) is 6.43 Å². The molecule has 0 fully saturated rings. The van der Waals surface area contributed by atoms with Crippen LogP contribution in [0.25, 0.3) is 11.3 Å². The molecule has 3 aromatic rings. The van der Waals surface area contributed by atoms with Crippen LogP contribution in [0.2, 0.25) is 0 Å². The number of benzene rings is 1. The molecule has 1 aliphatic carbocycles. The second-order valence-electron chi connectivity index (χ2n) is 6.83. The van der Waals surface area contributed by atoms with Gasteiger partial charge in [-0.1, -0.05) is 17.4 Å². The summed E-state index contributed by atoms with van der Waals surface area (Å²) >= 11 is 0. The quantitative estimate of drug-likeness (QED) is 0.629. The Labute approximate surface area is 161 Å². The molecule has 1 unspecified atom stereocenters. The van der Waals surface area contributed by atoms with Gasteiger partial charge >= 0.3 is 0 Å². The van der Waals surface area contributed by atoms with E-state index in [9.17, 15) is 8.78 Å². The zero-order valence-corrected chi connectivity index (χ0v) is 15.4. The molecule has 1 atom stereocenters. The van der Waals surface area contributed by atoms with E-state index in [0.717, 1.165) is 36.1 Å². The van der Waals surface area contributed by atoms with E-state index < -0.39 is 6.43 Å². The third kappa shape index (κ3) is 4.05. The van der Waals surface area contributed by atoms with Gasteiger partial charge in [-0.2, -0.15) is 0 Å². The van der Waals surface area contributed by atoms with Crippen molar-refractivity contribution in [3.05, 3.63) is 60.1 Å². The van der Waals surface area contributed by atoms with Crippen LogP contribution in [0.5, 0.6) is 0 Å². The van der Waals surface area contributed by atoms with Gasteiger partial charge < -0.3 is 5.32 Å². The molecule has 2 aromatic heterocycles. The number of nitrogens with one attached hydrogen (secondary N) is 1. The van der Waals surface area contributed by atoms with Crippen LogP contribution in [-0.2, 0) is 0 Å². The number of hydrogen-bond acceptors (Lipinski definition) is 5. The topological polar surface area (TPSA) is 68.5 Å². The molecule has 0 saturated carbocycles. The standard InChI is InChI=1S/C20H20F2N6/c1-13-9-14(18-12-28(27-26-18)16-5-3-2-4-6-16)11-15(10-13)24-20-23-8-7-17(25-20)19(21)22/h3,5,7-12,16,19H,2,4,6H2,1H3,(H,23,24,25). The summed E-state index contributed by atoms with van der Waals surface area (Å²) in [6.07, 6.45) is 8.27. The molecule has 1 N–H and O–H groups in total. The Kier molecular flexibility index (Phi) is 5.10. The summed E-state index contributed by atoms with van der Waals surface area (Å²) in [4.78, 5) is 7.87. The van der Waals surface area contributed by atoms with Crippen molar-refractivity contribution in [3.63, 3.8) is 0 Å². The first-order valence-corrected chi connectivity index (χ1v) is 9.17. The van der Waals surface area contributed by atoms with Crippen LogP contribution in [0, 0.1) is 6.92 Å². The average molecular weight is 382 g/mol. The van der Waals surface area contributed by atoms with Crippen LogP contribution in [0.3, 0.4) is 0 Å². The first kappa shape index (κ1) is 18.2. The van der Waals surface area contributed by atoms with Gasteiger partial charge in [-0.05, 0) is 56.0 Å². The number of allylic oxidation sites excluding steroid dienone is 2. The fraction of sp³-hybridized carbons (Fsp3) is 0.300. The minimum atomic E-state index is -2.64. The first-order chi connectivity index (χ1) is 13.6. The summed E-state index contributed by atoms with van der Waals surface area (Å²) in [5.74, 6) is 0.130. The number of alkyl halides is 2. The van der Waals surface area contributed by atoms with Crippen LogP contribution >= 0.6 is 0 Å². The van der Waals surface area contributed by atoms with Crippen molar-refractivity contribution in [3.8, 4) is 11.3 Å². The van der Waals surface area contributed by atoms with E-state index in [1.54, 1.807) is 0 Å². The molecule has 0 radical (unpaired) electrons. The van der Waals surface area contributed by atoms with Crippen molar-refractivity contribution in [2.75, 3.05) is 5.32 Å². The fourth-order valence-corrected chi connectivity index (χ4v) is 3.27. The van der Waals surface area contributed by atoms with Gasteiger partial charge in [0.05, 0.1) is 12.2 Å². The summed E-state index contributed by atoms with van der Waals surface area (Å²) in [6, 6.07) is 7.23.